The van der Waals surface area contributed by atoms with E-state index in [9.17, 15) is 0 Å². The predicted octanol–water partition coefficient (Wildman–Crippen LogP) is 4.82. The van der Waals surface area contributed by atoms with Crippen LogP contribution in [-0.4, -0.2) is 0 Å². The van der Waals surface area contributed by atoms with Crippen LogP contribution in [0.15, 0.2) is 29.8 Å². The van der Waals surface area contributed by atoms with Gasteiger partial charge in [-0.1, -0.05) is 75.5 Å². The van der Waals surface area contributed by atoms with Crippen molar-refractivity contribution in [3.05, 3.63) is 41.0 Å². The Labute approximate surface area is 127 Å². The van der Waals surface area contributed by atoms with Crippen LogP contribution in [-0.2, 0) is 29.1 Å². The van der Waals surface area contributed by atoms with Crippen LogP contribution in [0.3, 0.4) is 0 Å². The smallest absolute Gasteiger partial charge is 0.0651 e. The van der Waals surface area contributed by atoms with E-state index in [1.165, 1.54) is 23.1 Å². The Balaban J connectivity index is 0.00000112. The molecule has 3 heteroatoms. The Bertz CT molecular complexity index is 383. The van der Waals surface area contributed by atoms with Gasteiger partial charge >= 0.3 is 0 Å². The number of alkyl halides is 2. The normalized spacial score (nSPS) is 16.6. The third kappa shape index (κ3) is 2.55. The van der Waals surface area contributed by atoms with E-state index in [2.05, 4.69) is 69.1 Å². The van der Waals surface area contributed by atoms with Crippen molar-refractivity contribution in [3.8, 4) is 0 Å². The van der Waals surface area contributed by atoms with E-state index in [1.54, 1.807) is 0 Å². The SMILES string of the molecule is CCCC1=Cc2ccccc2C1(Br)Br.[Hf]. The van der Waals surface area contributed by atoms with Gasteiger partial charge in [0.2, 0.25) is 0 Å². The molecule has 0 aromatic heterocycles. The number of rotatable bonds is 2. The molecule has 0 heterocycles. The van der Waals surface area contributed by atoms with E-state index in [1.807, 2.05) is 0 Å². The first kappa shape index (κ1) is 13.9. The molecule has 0 bridgehead atoms. The summed E-state index contributed by atoms with van der Waals surface area (Å²) in [7, 11) is 0. The minimum absolute atomic E-state index is 0. The largest absolute Gasteiger partial charge is 0.127 e. The molecule has 0 nitrogen and oxygen atoms in total. The average molecular weight is 495 g/mol. The number of allylic oxidation sites excluding steroid dienone is 1. The maximum atomic E-state index is 3.76. The van der Waals surface area contributed by atoms with Crippen molar-refractivity contribution in [1.29, 1.82) is 0 Å². The quantitative estimate of drug-likeness (QED) is 0.409. The third-order valence-corrected chi connectivity index (χ3v) is 4.42. The molecule has 0 amide bonds. The fraction of sp³-hybridized carbons (Fsp3) is 0.333. The van der Waals surface area contributed by atoms with Gasteiger partial charge in [0.15, 0.2) is 0 Å². The Hall–Kier alpha value is 0.790. The van der Waals surface area contributed by atoms with Gasteiger partial charge in [-0.25, -0.2) is 0 Å². The van der Waals surface area contributed by atoms with Crippen molar-refractivity contribution < 1.29 is 25.8 Å². The molecule has 0 N–H and O–H groups in total. The summed E-state index contributed by atoms with van der Waals surface area (Å²) in [5.74, 6) is 0. The molecule has 0 spiro atoms. The first-order valence-electron chi connectivity index (χ1n) is 4.84. The van der Waals surface area contributed by atoms with Crippen LogP contribution >= 0.6 is 31.9 Å². The zero-order chi connectivity index (χ0) is 10.2. The average Bonchev–Trinajstić information content (AvgIpc) is 2.41. The minimum Gasteiger partial charge on any atom is -0.0651 e. The zero-order valence-electron chi connectivity index (χ0n) is 8.56. The number of hydrogen-bond acceptors (Lipinski definition) is 0. The van der Waals surface area contributed by atoms with Gasteiger partial charge in [0.1, 0.15) is 3.23 Å². The zero-order valence-corrected chi connectivity index (χ0v) is 15.3. The van der Waals surface area contributed by atoms with Gasteiger partial charge in [-0.05, 0) is 23.1 Å². The molecule has 0 fully saturated rings. The molecule has 78 valence electrons. The van der Waals surface area contributed by atoms with E-state index < -0.39 is 0 Å². The first-order chi connectivity index (χ1) is 6.66. The van der Waals surface area contributed by atoms with Crippen molar-refractivity contribution in [2.75, 3.05) is 0 Å². The van der Waals surface area contributed by atoms with Crippen LogP contribution in [0.25, 0.3) is 6.08 Å². The van der Waals surface area contributed by atoms with Gasteiger partial charge < -0.3 is 0 Å². The Morgan fingerprint density at radius 1 is 1.20 bits per heavy atom. The van der Waals surface area contributed by atoms with E-state index in [-0.39, 0.29) is 29.1 Å². The van der Waals surface area contributed by atoms with Gasteiger partial charge in [-0.15, -0.1) is 0 Å². The van der Waals surface area contributed by atoms with Crippen LogP contribution in [0.2, 0.25) is 0 Å². The van der Waals surface area contributed by atoms with Gasteiger partial charge in [-0.2, -0.15) is 0 Å². The second kappa shape index (κ2) is 5.42. The maximum absolute atomic E-state index is 3.76. The number of halogens is 2. The van der Waals surface area contributed by atoms with Gasteiger partial charge in [0.25, 0.3) is 0 Å². The van der Waals surface area contributed by atoms with E-state index in [4.69, 9.17) is 0 Å². The summed E-state index contributed by atoms with van der Waals surface area (Å²) < 4.78 is -0.118. The maximum Gasteiger partial charge on any atom is 0.127 e. The number of hydrogen-bond donors (Lipinski definition) is 0. The number of benzene rings is 1. The summed E-state index contributed by atoms with van der Waals surface area (Å²) in [5, 5.41) is 0. The predicted molar refractivity (Wildman–Crippen MR) is 68.9 cm³/mol. The summed E-state index contributed by atoms with van der Waals surface area (Å²) in [5.41, 5.74) is 4.06. The van der Waals surface area contributed by atoms with Crippen molar-refractivity contribution >= 4 is 37.9 Å². The van der Waals surface area contributed by atoms with Crippen LogP contribution < -0.4 is 0 Å². The molecule has 0 radical (unpaired) electrons. The van der Waals surface area contributed by atoms with Crippen molar-refractivity contribution in [2.24, 2.45) is 0 Å². The second-order valence-electron chi connectivity index (χ2n) is 3.58. The fourth-order valence-corrected chi connectivity index (χ4v) is 3.21. The molecule has 1 aromatic rings. The van der Waals surface area contributed by atoms with E-state index in [0.717, 1.165) is 6.42 Å². The van der Waals surface area contributed by atoms with Crippen molar-refractivity contribution in [1.82, 2.24) is 0 Å². The van der Waals surface area contributed by atoms with Crippen molar-refractivity contribution in [2.45, 2.75) is 23.0 Å². The second-order valence-corrected chi connectivity index (χ2v) is 7.02. The molecular weight excluding hydrogens is 482 g/mol. The Kier molecular flexibility index (Phi) is 5.00. The van der Waals surface area contributed by atoms with Gasteiger partial charge in [0.05, 0.1) is 0 Å². The molecule has 1 aliphatic carbocycles. The van der Waals surface area contributed by atoms with Gasteiger partial charge in [0, 0.05) is 25.8 Å². The minimum atomic E-state index is -0.118. The molecule has 2 rings (SSSR count). The standard InChI is InChI=1S/C12H12Br2.Hf/c1-2-5-10-8-9-6-3-4-7-11(9)12(10,13)14;/h3-4,6-8H,2,5H2,1H3;. The summed E-state index contributed by atoms with van der Waals surface area (Å²) in [6.07, 6.45) is 4.59. The first-order valence-corrected chi connectivity index (χ1v) is 6.43. The molecule has 0 saturated carbocycles. The topological polar surface area (TPSA) is 0 Å². The van der Waals surface area contributed by atoms with Crippen LogP contribution in [0, 0.1) is 0 Å². The number of fused-ring (bicyclic) bond motifs is 1. The molecule has 0 atom stereocenters. The Morgan fingerprint density at radius 3 is 2.47 bits per heavy atom. The molecular formula is C12H12Br2Hf. The van der Waals surface area contributed by atoms with E-state index >= 15 is 0 Å². The summed E-state index contributed by atoms with van der Waals surface area (Å²) in [6.45, 7) is 2.21. The molecule has 15 heavy (non-hydrogen) atoms. The molecule has 1 aromatic carbocycles. The molecule has 0 saturated heterocycles. The van der Waals surface area contributed by atoms with E-state index in [0.29, 0.717) is 0 Å². The van der Waals surface area contributed by atoms with Crippen LogP contribution in [0.4, 0.5) is 0 Å². The van der Waals surface area contributed by atoms with Crippen LogP contribution in [0.5, 0.6) is 0 Å². The summed E-state index contributed by atoms with van der Waals surface area (Å²) >= 11 is 7.51. The van der Waals surface area contributed by atoms with Crippen molar-refractivity contribution in [3.63, 3.8) is 0 Å². The fourth-order valence-electron chi connectivity index (χ4n) is 1.86. The molecule has 0 aliphatic heterocycles. The summed E-state index contributed by atoms with van der Waals surface area (Å²) in [6, 6.07) is 8.49. The molecule has 1 aliphatic rings. The third-order valence-electron chi connectivity index (χ3n) is 2.55. The van der Waals surface area contributed by atoms with Gasteiger partial charge in [-0.3, -0.25) is 0 Å². The van der Waals surface area contributed by atoms with Crippen LogP contribution in [0.1, 0.15) is 30.9 Å². The Morgan fingerprint density at radius 2 is 1.87 bits per heavy atom. The summed E-state index contributed by atoms with van der Waals surface area (Å²) in [4.78, 5) is 0. The monoisotopic (exact) mass is 494 g/mol. The molecule has 0 unspecified atom stereocenters.